The normalized spacial score (nSPS) is 10.6. The number of carbonyl (C=O) groups is 1. The van der Waals surface area contributed by atoms with Gasteiger partial charge in [-0.1, -0.05) is 31.5 Å². The van der Waals surface area contributed by atoms with Crippen LogP contribution in [0.2, 0.25) is 0 Å². The van der Waals surface area contributed by atoms with Crippen LogP contribution in [0.4, 0.5) is 0 Å². The van der Waals surface area contributed by atoms with E-state index >= 15 is 0 Å². The van der Waals surface area contributed by atoms with E-state index in [0.29, 0.717) is 31.2 Å². The highest BCUT2D eigenvalue weighted by Gasteiger charge is 2.10. The maximum Gasteiger partial charge on any atom is 0.247 e. The first kappa shape index (κ1) is 15.2. The van der Waals surface area contributed by atoms with Gasteiger partial charge in [-0.15, -0.1) is 10.2 Å². The number of carbonyl (C=O) groups excluding carboxylic acids is 1. The molecular formula is C16H21N3O2. The molecule has 0 bridgehead atoms. The lowest BCUT2D eigenvalue weighted by Crippen LogP contribution is -2.25. The summed E-state index contributed by atoms with van der Waals surface area (Å²) in [6.45, 7) is 4.60. The number of hydrogen-bond donors (Lipinski definition) is 1. The van der Waals surface area contributed by atoms with Gasteiger partial charge in [-0.05, 0) is 25.0 Å². The van der Waals surface area contributed by atoms with Gasteiger partial charge in [0.2, 0.25) is 17.7 Å². The van der Waals surface area contributed by atoms with Crippen LogP contribution in [0.3, 0.4) is 0 Å². The first-order chi connectivity index (χ1) is 10.2. The van der Waals surface area contributed by atoms with Crippen LogP contribution in [0.5, 0.6) is 0 Å². The molecule has 2 aromatic rings. The van der Waals surface area contributed by atoms with Gasteiger partial charge >= 0.3 is 0 Å². The van der Waals surface area contributed by atoms with E-state index in [2.05, 4.69) is 22.4 Å². The summed E-state index contributed by atoms with van der Waals surface area (Å²) in [7, 11) is 0. The minimum atomic E-state index is 0.0792. The number of amides is 1. The molecule has 5 heteroatoms. The maximum atomic E-state index is 11.5. The Morgan fingerprint density at radius 3 is 2.86 bits per heavy atom. The van der Waals surface area contributed by atoms with Crippen molar-refractivity contribution >= 4 is 5.91 Å². The molecule has 0 aliphatic rings. The van der Waals surface area contributed by atoms with Crippen molar-refractivity contribution in [1.82, 2.24) is 15.5 Å². The minimum Gasteiger partial charge on any atom is -0.421 e. The Labute approximate surface area is 124 Å². The van der Waals surface area contributed by atoms with E-state index in [1.807, 2.05) is 31.2 Å². The van der Waals surface area contributed by atoms with E-state index in [1.54, 1.807) is 0 Å². The number of aryl methyl sites for hydroxylation is 1. The number of hydrogen-bond acceptors (Lipinski definition) is 4. The standard InChI is InChI=1S/C16H21N3O2/c1-3-4-9-14(20)17-11-10-15-18-19-16(21-15)13-8-6-5-7-12(13)2/h5-8H,3-4,9-11H2,1-2H3,(H,17,20). The Hall–Kier alpha value is -2.17. The number of nitrogens with zero attached hydrogens (tertiary/aromatic N) is 2. The van der Waals surface area contributed by atoms with Gasteiger partial charge in [-0.2, -0.15) is 0 Å². The molecule has 0 unspecified atom stereocenters. The Kier molecular flexibility index (Phi) is 5.49. The summed E-state index contributed by atoms with van der Waals surface area (Å²) < 4.78 is 5.64. The van der Waals surface area contributed by atoms with Crippen molar-refractivity contribution in [2.75, 3.05) is 6.54 Å². The fourth-order valence-corrected chi connectivity index (χ4v) is 2.01. The summed E-state index contributed by atoms with van der Waals surface area (Å²) in [5.74, 6) is 1.15. The molecular weight excluding hydrogens is 266 g/mol. The second kappa shape index (κ2) is 7.57. The van der Waals surface area contributed by atoms with Crippen LogP contribution in [0.25, 0.3) is 11.5 Å². The quantitative estimate of drug-likeness (QED) is 0.850. The summed E-state index contributed by atoms with van der Waals surface area (Å²) in [5.41, 5.74) is 2.05. The molecule has 0 atom stereocenters. The fourth-order valence-electron chi connectivity index (χ4n) is 2.01. The molecule has 2 rings (SSSR count). The zero-order chi connectivity index (χ0) is 15.1. The number of unbranched alkanes of at least 4 members (excludes halogenated alkanes) is 1. The van der Waals surface area contributed by atoms with E-state index in [-0.39, 0.29) is 5.91 Å². The zero-order valence-electron chi connectivity index (χ0n) is 12.6. The van der Waals surface area contributed by atoms with Gasteiger partial charge in [0.15, 0.2) is 0 Å². The van der Waals surface area contributed by atoms with Gasteiger partial charge in [0, 0.05) is 24.9 Å². The van der Waals surface area contributed by atoms with E-state index in [0.717, 1.165) is 24.0 Å². The van der Waals surface area contributed by atoms with Crippen molar-refractivity contribution in [3.63, 3.8) is 0 Å². The maximum absolute atomic E-state index is 11.5. The molecule has 0 fully saturated rings. The van der Waals surface area contributed by atoms with Crippen LogP contribution in [-0.2, 0) is 11.2 Å². The average Bonchev–Trinajstić information content (AvgIpc) is 2.94. The van der Waals surface area contributed by atoms with Crippen LogP contribution in [0, 0.1) is 6.92 Å². The number of benzene rings is 1. The van der Waals surface area contributed by atoms with E-state index in [4.69, 9.17) is 4.42 Å². The summed E-state index contributed by atoms with van der Waals surface area (Å²) in [4.78, 5) is 11.5. The molecule has 1 aromatic heterocycles. The van der Waals surface area contributed by atoms with Gasteiger partial charge < -0.3 is 9.73 Å². The van der Waals surface area contributed by atoms with Crippen LogP contribution < -0.4 is 5.32 Å². The van der Waals surface area contributed by atoms with Crippen LogP contribution >= 0.6 is 0 Å². The van der Waals surface area contributed by atoms with Crippen molar-refractivity contribution in [2.24, 2.45) is 0 Å². The second-order valence-electron chi connectivity index (χ2n) is 5.02. The van der Waals surface area contributed by atoms with Crippen LogP contribution in [0.15, 0.2) is 28.7 Å². The van der Waals surface area contributed by atoms with Gasteiger partial charge in [0.1, 0.15) is 0 Å². The monoisotopic (exact) mass is 287 g/mol. The highest BCUT2D eigenvalue weighted by molar-refractivity contribution is 5.75. The van der Waals surface area contributed by atoms with Gasteiger partial charge in [0.25, 0.3) is 0 Å². The fraction of sp³-hybridized carbons (Fsp3) is 0.438. The highest BCUT2D eigenvalue weighted by atomic mass is 16.4. The van der Waals surface area contributed by atoms with Gasteiger partial charge in [-0.3, -0.25) is 4.79 Å². The highest BCUT2D eigenvalue weighted by Crippen LogP contribution is 2.21. The molecule has 1 aromatic carbocycles. The molecule has 0 radical (unpaired) electrons. The predicted octanol–water partition coefficient (Wildman–Crippen LogP) is 2.89. The molecule has 112 valence electrons. The van der Waals surface area contributed by atoms with Crippen molar-refractivity contribution in [2.45, 2.75) is 39.5 Å². The topological polar surface area (TPSA) is 68.0 Å². The van der Waals surface area contributed by atoms with Crippen LogP contribution in [-0.4, -0.2) is 22.6 Å². The summed E-state index contributed by atoms with van der Waals surface area (Å²) in [5, 5.41) is 10.9. The first-order valence-electron chi connectivity index (χ1n) is 7.35. The lowest BCUT2D eigenvalue weighted by atomic mass is 10.1. The number of aromatic nitrogens is 2. The van der Waals surface area contributed by atoms with Gasteiger partial charge in [0.05, 0.1) is 0 Å². The Morgan fingerprint density at radius 2 is 2.10 bits per heavy atom. The lowest BCUT2D eigenvalue weighted by molar-refractivity contribution is -0.121. The molecule has 5 nitrogen and oxygen atoms in total. The van der Waals surface area contributed by atoms with E-state index < -0.39 is 0 Å². The zero-order valence-corrected chi connectivity index (χ0v) is 12.6. The van der Waals surface area contributed by atoms with Crippen molar-refractivity contribution in [3.05, 3.63) is 35.7 Å². The third-order valence-electron chi connectivity index (χ3n) is 3.26. The molecule has 0 saturated heterocycles. The number of nitrogens with one attached hydrogen (secondary N) is 1. The Morgan fingerprint density at radius 1 is 1.29 bits per heavy atom. The average molecular weight is 287 g/mol. The predicted molar refractivity (Wildman–Crippen MR) is 80.7 cm³/mol. The van der Waals surface area contributed by atoms with Gasteiger partial charge in [-0.25, -0.2) is 0 Å². The molecule has 1 N–H and O–H groups in total. The lowest BCUT2D eigenvalue weighted by Gasteiger charge is -2.02. The third kappa shape index (κ3) is 4.41. The molecule has 1 heterocycles. The molecule has 21 heavy (non-hydrogen) atoms. The first-order valence-corrected chi connectivity index (χ1v) is 7.35. The SMILES string of the molecule is CCCCC(=O)NCCc1nnc(-c2ccccc2C)o1. The Balaban J connectivity index is 1.87. The summed E-state index contributed by atoms with van der Waals surface area (Å²) >= 11 is 0. The van der Waals surface area contributed by atoms with E-state index in [9.17, 15) is 4.79 Å². The molecule has 0 saturated carbocycles. The smallest absolute Gasteiger partial charge is 0.247 e. The molecule has 0 aliphatic carbocycles. The summed E-state index contributed by atoms with van der Waals surface area (Å²) in [6, 6.07) is 7.88. The van der Waals surface area contributed by atoms with Crippen molar-refractivity contribution in [1.29, 1.82) is 0 Å². The molecule has 0 spiro atoms. The largest absolute Gasteiger partial charge is 0.421 e. The second-order valence-corrected chi connectivity index (χ2v) is 5.02. The van der Waals surface area contributed by atoms with E-state index in [1.165, 1.54) is 0 Å². The minimum absolute atomic E-state index is 0.0792. The van der Waals surface area contributed by atoms with Crippen molar-refractivity contribution < 1.29 is 9.21 Å². The number of rotatable bonds is 7. The summed E-state index contributed by atoms with van der Waals surface area (Å²) in [6.07, 6.45) is 3.08. The van der Waals surface area contributed by atoms with Crippen LogP contribution in [0.1, 0.15) is 37.6 Å². The Bertz CT molecular complexity index is 593. The third-order valence-corrected chi connectivity index (χ3v) is 3.26. The molecule has 0 aliphatic heterocycles. The van der Waals surface area contributed by atoms with Crippen molar-refractivity contribution in [3.8, 4) is 11.5 Å². The molecule has 1 amide bonds.